The first-order chi connectivity index (χ1) is 6.59. The average Bonchev–Trinajstić information content (AvgIpc) is 2.19. The molecular formula is C11H18O3. The predicted molar refractivity (Wildman–Crippen MR) is 54.0 cm³/mol. The zero-order chi connectivity index (χ0) is 10.6. The Morgan fingerprint density at radius 3 is 2.29 bits per heavy atom. The minimum Gasteiger partial charge on any atom is -0.478 e. The molecule has 0 atom stereocenters. The maximum absolute atomic E-state index is 10.6. The van der Waals surface area contributed by atoms with Gasteiger partial charge in [0.15, 0.2) is 0 Å². The van der Waals surface area contributed by atoms with E-state index in [-0.39, 0.29) is 17.6 Å². The van der Waals surface area contributed by atoms with E-state index < -0.39 is 5.97 Å². The summed E-state index contributed by atoms with van der Waals surface area (Å²) in [6, 6.07) is 0. The highest BCUT2D eigenvalue weighted by Gasteiger charge is 2.32. The molecule has 80 valence electrons. The van der Waals surface area contributed by atoms with Crippen LogP contribution >= 0.6 is 0 Å². The highest BCUT2D eigenvalue weighted by atomic mass is 16.4. The van der Waals surface area contributed by atoms with Crippen molar-refractivity contribution in [3.05, 3.63) is 12.2 Å². The third kappa shape index (κ3) is 2.58. The number of aliphatic hydroxyl groups excluding tert-OH is 1. The van der Waals surface area contributed by atoms with E-state index >= 15 is 0 Å². The molecular weight excluding hydrogens is 180 g/mol. The second-order valence-corrected chi connectivity index (χ2v) is 4.30. The van der Waals surface area contributed by atoms with Crippen LogP contribution in [0.4, 0.5) is 0 Å². The van der Waals surface area contributed by atoms with Gasteiger partial charge < -0.3 is 10.2 Å². The Morgan fingerprint density at radius 2 is 1.86 bits per heavy atom. The van der Waals surface area contributed by atoms with Crippen LogP contribution in [0.5, 0.6) is 0 Å². The molecule has 3 nitrogen and oxygen atoms in total. The largest absolute Gasteiger partial charge is 0.478 e. The molecule has 1 aliphatic rings. The van der Waals surface area contributed by atoms with E-state index in [0.717, 1.165) is 25.7 Å². The lowest BCUT2D eigenvalue weighted by atomic mass is 9.71. The average molecular weight is 198 g/mol. The van der Waals surface area contributed by atoms with Gasteiger partial charge in [0.1, 0.15) is 0 Å². The zero-order valence-electron chi connectivity index (χ0n) is 8.46. The quantitative estimate of drug-likeness (QED) is 0.679. The molecule has 0 aromatic carbocycles. The second kappa shape index (κ2) is 4.60. The van der Waals surface area contributed by atoms with Crippen LogP contribution in [0, 0.1) is 5.41 Å². The van der Waals surface area contributed by atoms with Crippen molar-refractivity contribution in [2.75, 3.05) is 6.61 Å². The maximum Gasteiger partial charge on any atom is 0.330 e. The van der Waals surface area contributed by atoms with Crippen molar-refractivity contribution >= 4 is 5.97 Å². The Hall–Kier alpha value is -0.830. The normalized spacial score (nSPS) is 20.4. The van der Waals surface area contributed by atoms with Gasteiger partial charge in [-0.15, -0.1) is 0 Å². The third-order valence-electron chi connectivity index (χ3n) is 3.14. The molecule has 14 heavy (non-hydrogen) atoms. The van der Waals surface area contributed by atoms with Crippen molar-refractivity contribution in [2.45, 2.75) is 38.5 Å². The van der Waals surface area contributed by atoms with Crippen molar-refractivity contribution in [1.82, 2.24) is 0 Å². The van der Waals surface area contributed by atoms with E-state index in [1.165, 1.54) is 6.42 Å². The number of carboxylic acid groups (broad SMARTS) is 1. The van der Waals surface area contributed by atoms with Crippen LogP contribution < -0.4 is 0 Å². The van der Waals surface area contributed by atoms with E-state index in [1.54, 1.807) is 0 Å². The van der Waals surface area contributed by atoms with E-state index in [0.29, 0.717) is 6.42 Å². The first kappa shape index (κ1) is 11.2. The Morgan fingerprint density at radius 1 is 1.29 bits per heavy atom. The summed E-state index contributed by atoms with van der Waals surface area (Å²) < 4.78 is 0. The summed E-state index contributed by atoms with van der Waals surface area (Å²) in [6.45, 7) is 3.61. The lowest BCUT2D eigenvalue weighted by Gasteiger charge is -2.35. The fourth-order valence-electron chi connectivity index (χ4n) is 2.22. The minimum atomic E-state index is -0.941. The topological polar surface area (TPSA) is 57.5 Å². The van der Waals surface area contributed by atoms with Crippen molar-refractivity contribution in [3.8, 4) is 0 Å². The number of carboxylic acids is 1. The van der Waals surface area contributed by atoms with Gasteiger partial charge in [-0.05, 0) is 24.7 Å². The number of carbonyl (C=O) groups is 1. The maximum atomic E-state index is 10.6. The van der Waals surface area contributed by atoms with Gasteiger partial charge in [-0.25, -0.2) is 4.79 Å². The Balaban J connectivity index is 2.60. The van der Waals surface area contributed by atoms with Gasteiger partial charge in [0.05, 0.1) is 0 Å². The lowest BCUT2D eigenvalue weighted by Crippen LogP contribution is -2.29. The molecule has 2 N–H and O–H groups in total. The highest BCUT2D eigenvalue weighted by Crippen LogP contribution is 2.40. The molecule has 0 heterocycles. The van der Waals surface area contributed by atoms with Gasteiger partial charge in [0, 0.05) is 12.2 Å². The van der Waals surface area contributed by atoms with Gasteiger partial charge in [0.25, 0.3) is 0 Å². The van der Waals surface area contributed by atoms with E-state index in [4.69, 9.17) is 5.11 Å². The van der Waals surface area contributed by atoms with Crippen LogP contribution in [0.2, 0.25) is 0 Å². The number of aliphatic hydroxyl groups is 1. The van der Waals surface area contributed by atoms with Gasteiger partial charge in [-0.1, -0.05) is 25.8 Å². The van der Waals surface area contributed by atoms with E-state index in [9.17, 15) is 9.90 Å². The van der Waals surface area contributed by atoms with Crippen LogP contribution in [0.25, 0.3) is 0 Å². The van der Waals surface area contributed by atoms with Crippen molar-refractivity contribution in [1.29, 1.82) is 0 Å². The van der Waals surface area contributed by atoms with Crippen LogP contribution in [-0.4, -0.2) is 22.8 Å². The molecule has 0 saturated heterocycles. The molecule has 1 fully saturated rings. The standard InChI is InChI=1S/C11H18O3/c1-9(10(13)14)7-11(8-12)5-3-2-4-6-11/h12H,1-8H2,(H,13,14). The fraction of sp³-hybridized carbons (Fsp3) is 0.727. The molecule has 1 aliphatic carbocycles. The van der Waals surface area contributed by atoms with Gasteiger partial charge >= 0.3 is 5.97 Å². The molecule has 0 aliphatic heterocycles. The summed E-state index contributed by atoms with van der Waals surface area (Å²) in [6.07, 6.45) is 5.66. The first-order valence-corrected chi connectivity index (χ1v) is 5.12. The second-order valence-electron chi connectivity index (χ2n) is 4.30. The molecule has 0 bridgehead atoms. The molecule has 1 saturated carbocycles. The molecule has 0 unspecified atom stereocenters. The van der Waals surface area contributed by atoms with E-state index in [2.05, 4.69) is 6.58 Å². The number of aliphatic carboxylic acids is 1. The van der Waals surface area contributed by atoms with Crippen LogP contribution in [-0.2, 0) is 4.79 Å². The Labute approximate surface area is 84.4 Å². The third-order valence-corrected chi connectivity index (χ3v) is 3.14. The van der Waals surface area contributed by atoms with Gasteiger partial charge in [-0.3, -0.25) is 0 Å². The number of rotatable bonds is 4. The summed E-state index contributed by atoms with van der Waals surface area (Å²) in [5.74, 6) is -0.941. The van der Waals surface area contributed by atoms with Crippen LogP contribution in [0.1, 0.15) is 38.5 Å². The molecule has 0 amide bonds. The van der Waals surface area contributed by atoms with Crippen molar-refractivity contribution in [3.63, 3.8) is 0 Å². The molecule has 0 spiro atoms. The monoisotopic (exact) mass is 198 g/mol. The van der Waals surface area contributed by atoms with E-state index in [1.807, 2.05) is 0 Å². The number of hydrogen-bond acceptors (Lipinski definition) is 2. The van der Waals surface area contributed by atoms with Gasteiger partial charge in [0.2, 0.25) is 0 Å². The van der Waals surface area contributed by atoms with Gasteiger partial charge in [-0.2, -0.15) is 0 Å². The van der Waals surface area contributed by atoms with Crippen molar-refractivity contribution in [2.24, 2.45) is 5.41 Å². The molecule has 3 heteroatoms. The lowest BCUT2D eigenvalue weighted by molar-refractivity contribution is -0.133. The Bertz CT molecular complexity index is 227. The molecule has 0 radical (unpaired) electrons. The zero-order valence-corrected chi connectivity index (χ0v) is 8.46. The van der Waals surface area contributed by atoms with Crippen molar-refractivity contribution < 1.29 is 15.0 Å². The predicted octanol–water partition coefficient (Wildman–Crippen LogP) is 1.96. The summed E-state index contributed by atoms with van der Waals surface area (Å²) in [5, 5.41) is 18.1. The SMILES string of the molecule is C=C(CC1(CO)CCCCC1)C(=O)O. The first-order valence-electron chi connectivity index (χ1n) is 5.12. The summed E-state index contributed by atoms with van der Waals surface area (Å²) in [7, 11) is 0. The summed E-state index contributed by atoms with van der Waals surface area (Å²) in [5.41, 5.74) is 0.0224. The molecule has 1 rings (SSSR count). The molecule has 0 aromatic heterocycles. The summed E-state index contributed by atoms with van der Waals surface area (Å²) in [4.78, 5) is 10.6. The van der Waals surface area contributed by atoms with Crippen LogP contribution in [0.3, 0.4) is 0 Å². The number of hydrogen-bond donors (Lipinski definition) is 2. The highest BCUT2D eigenvalue weighted by molar-refractivity contribution is 5.85. The minimum absolute atomic E-state index is 0.0826. The van der Waals surface area contributed by atoms with Crippen LogP contribution in [0.15, 0.2) is 12.2 Å². The Kier molecular flexibility index (Phi) is 3.69. The molecule has 0 aromatic rings. The summed E-state index contributed by atoms with van der Waals surface area (Å²) >= 11 is 0. The smallest absolute Gasteiger partial charge is 0.330 e. The fourth-order valence-corrected chi connectivity index (χ4v) is 2.22.